The predicted molar refractivity (Wildman–Crippen MR) is 69.7 cm³/mol. The highest BCUT2D eigenvalue weighted by Gasteiger charge is 2.15. The summed E-state index contributed by atoms with van der Waals surface area (Å²) in [7, 11) is 3.28. The lowest BCUT2D eigenvalue weighted by Gasteiger charge is -2.18. The number of ether oxygens (including phenoxy) is 2. The normalized spacial score (nSPS) is 12.3. The van der Waals surface area contributed by atoms with Crippen LogP contribution in [-0.4, -0.2) is 20.0 Å². The van der Waals surface area contributed by atoms with Crippen LogP contribution >= 0.6 is 12.6 Å². The Morgan fingerprint density at radius 1 is 1.31 bits per heavy atom. The summed E-state index contributed by atoms with van der Waals surface area (Å²) in [6, 6.07) is 3.79. The topological polar surface area (TPSA) is 44.5 Å². The molecule has 0 aliphatic rings. The zero-order chi connectivity index (χ0) is 12.1. The largest absolute Gasteiger partial charge is 0.497 e. The maximum atomic E-state index is 6.10. The molecule has 1 aromatic rings. The maximum Gasteiger partial charge on any atom is 0.127 e. The van der Waals surface area contributed by atoms with E-state index in [-0.39, 0.29) is 6.04 Å². The van der Waals surface area contributed by atoms with E-state index in [1.54, 1.807) is 14.2 Å². The summed E-state index contributed by atoms with van der Waals surface area (Å²) in [5.41, 5.74) is 8.23. The van der Waals surface area contributed by atoms with Gasteiger partial charge in [0.1, 0.15) is 11.5 Å². The second-order valence-electron chi connectivity index (χ2n) is 3.68. The number of benzene rings is 1. The molecule has 0 saturated heterocycles. The summed E-state index contributed by atoms with van der Waals surface area (Å²) in [6.07, 6.45) is 0.826. The van der Waals surface area contributed by atoms with E-state index in [0.29, 0.717) is 0 Å². The van der Waals surface area contributed by atoms with Gasteiger partial charge in [0, 0.05) is 17.7 Å². The van der Waals surface area contributed by atoms with Gasteiger partial charge in [0.25, 0.3) is 0 Å². The third-order valence-electron chi connectivity index (χ3n) is 2.59. The van der Waals surface area contributed by atoms with Gasteiger partial charge in [-0.15, -0.1) is 0 Å². The molecule has 0 aromatic heterocycles. The smallest absolute Gasteiger partial charge is 0.127 e. The molecular formula is C12H19NO2S. The monoisotopic (exact) mass is 241 g/mol. The standard InChI is InChI=1S/C12H19NO2S/c1-8-6-9(14-2)7-11(15-3)12(8)10(13)4-5-16/h6-7,10,16H,4-5,13H2,1-3H3. The van der Waals surface area contributed by atoms with E-state index >= 15 is 0 Å². The van der Waals surface area contributed by atoms with Crippen molar-refractivity contribution in [2.24, 2.45) is 5.73 Å². The molecule has 2 N–H and O–H groups in total. The maximum absolute atomic E-state index is 6.10. The third-order valence-corrected chi connectivity index (χ3v) is 2.85. The van der Waals surface area contributed by atoms with Crippen LogP contribution in [0.25, 0.3) is 0 Å². The Bertz CT molecular complexity index is 355. The van der Waals surface area contributed by atoms with Gasteiger partial charge in [0.05, 0.1) is 14.2 Å². The van der Waals surface area contributed by atoms with Gasteiger partial charge >= 0.3 is 0 Å². The summed E-state index contributed by atoms with van der Waals surface area (Å²) < 4.78 is 10.5. The predicted octanol–water partition coefficient (Wildman–Crippen LogP) is 2.33. The fourth-order valence-electron chi connectivity index (χ4n) is 1.78. The molecule has 4 heteroatoms. The summed E-state index contributed by atoms with van der Waals surface area (Å²) in [4.78, 5) is 0. The molecule has 1 atom stereocenters. The Kier molecular flexibility index (Phi) is 4.96. The number of hydrogen-bond donors (Lipinski definition) is 2. The zero-order valence-corrected chi connectivity index (χ0v) is 10.9. The zero-order valence-electron chi connectivity index (χ0n) is 9.99. The fourth-order valence-corrected chi connectivity index (χ4v) is 2.06. The number of methoxy groups -OCH3 is 2. The second-order valence-corrected chi connectivity index (χ2v) is 4.13. The van der Waals surface area contributed by atoms with Crippen molar-refractivity contribution in [2.75, 3.05) is 20.0 Å². The molecule has 1 unspecified atom stereocenters. The summed E-state index contributed by atoms with van der Waals surface area (Å²) in [5.74, 6) is 2.33. The van der Waals surface area contributed by atoms with Crippen LogP contribution in [-0.2, 0) is 0 Å². The van der Waals surface area contributed by atoms with Crippen molar-refractivity contribution in [2.45, 2.75) is 19.4 Å². The minimum Gasteiger partial charge on any atom is -0.497 e. The van der Waals surface area contributed by atoms with E-state index in [2.05, 4.69) is 12.6 Å². The summed E-state index contributed by atoms with van der Waals surface area (Å²) in [6.45, 7) is 2.01. The highest BCUT2D eigenvalue weighted by atomic mass is 32.1. The Morgan fingerprint density at radius 3 is 2.50 bits per heavy atom. The fraction of sp³-hybridized carbons (Fsp3) is 0.500. The van der Waals surface area contributed by atoms with Crippen LogP contribution in [0.4, 0.5) is 0 Å². The van der Waals surface area contributed by atoms with E-state index in [1.165, 1.54) is 0 Å². The van der Waals surface area contributed by atoms with Crippen LogP contribution in [0.3, 0.4) is 0 Å². The highest BCUT2D eigenvalue weighted by molar-refractivity contribution is 7.80. The van der Waals surface area contributed by atoms with Gasteiger partial charge in [-0.25, -0.2) is 0 Å². The van der Waals surface area contributed by atoms with Crippen molar-refractivity contribution in [1.29, 1.82) is 0 Å². The van der Waals surface area contributed by atoms with E-state index in [4.69, 9.17) is 15.2 Å². The van der Waals surface area contributed by atoms with Crippen molar-refractivity contribution in [3.05, 3.63) is 23.3 Å². The molecule has 16 heavy (non-hydrogen) atoms. The first-order valence-corrected chi connectivity index (χ1v) is 5.86. The van der Waals surface area contributed by atoms with Crippen LogP contribution < -0.4 is 15.2 Å². The molecule has 0 saturated carbocycles. The van der Waals surface area contributed by atoms with Crippen molar-refractivity contribution in [3.63, 3.8) is 0 Å². The van der Waals surface area contributed by atoms with Gasteiger partial charge < -0.3 is 15.2 Å². The average molecular weight is 241 g/mol. The van der Waals surface area contributed by atoms with Gasteiger partial charge in [0.15, 0.2) is 0 Å². The molecule has 1 rings (SSSR count). The number of aryl methyl sites for hydroxylation is 1. The molecule has 0 heterocycles. The van der Waals surface area contributed by atoms with Crippen LogP contribution in [0.15, 0.2) is 12.1 Å². The molecule has 90 valence electrons. The molecule has 3 nitrogen and oxygen atoms in total. The van der Waals surface area contributed by atoms with E-state index < -0.39 is 0 Å². The lowest BCUT2D eigenvalue weighted by Crippen LogP contribution is -2.14. The van der Waals surface area contributed by atoms with Crippen molar-refractivity contribution < 1.29 is 9.47 Å². The summed E-state index contributed by atoms with van der Waals surface area (Å²) in [5, 5.41) is 0. The Labute approximate surface area is 102 Å². The number of thiol groups is 1. The van der Waals surface area contributed by atoms with Crippen LogP contribution in [0, 0.1) is 6.92 Å². The molecule has 0 radical (unpaired) electrons. The number of nitrogens with two attached hydrogens (primary N) is 1. The van der Waals surface area contributed by atoms with Crippen LogP contribution in [0.1, 0.15) is 23.6 Å². The van der Waals surface area contributed by atoms with Crippen molar-refractivity contribution in [3.8, 4) is 11.5 Å². The molecule has 0 fully saturated rings. The first-order valence-electron chi connectivity index (χ1n) is 5.23. The first kappa shape index (κ1) is 13.2. The molecule has 1 aromatic carbocycles. The molecule has 0 aliphatic carbocycles. The molecule has 0 aliphatic heterocycles. The lowest BCUT2D eigenvalue weighted by molar-refractivity contribution is 0.387. The quantitative estimate of drug-likeness (QED) is 0.778. The molecule has 0 amide bonds. The Hall–Kier alpha value is -0.870. The molecule has 0 bridgehead atoms. The van der Waals surface area contributed by atoms with Gasteiger partial charge in [-0.2, -0.15) is 12.6 Å². The van der Waals surface area contributed by atoms with Crippen LogP contribution in [0.5, 0.6) is 11.5 Å². The SMILES string of the molecule is COc1cc(C)c(C(N)CCS)c(OC)c1. The number of rotatable bonds is 5. The van der Waals surface area contributed by atoms with E-state index in [1.807, 2.05) is 19.1 Å². The van der Waals surface area contributed by atoms with Crippen LogP contribution in [0.2, 0.25) is 0 Å². The number of hydrogen-bond acceptors (Lipinski definition) is 4. The Balaban J connectivity index is 3.15. The lowest BCUT2D eigenvalue weighted by atomic mass is 9.98. The summed E-state index contributed by atoms with van der Waals surface area (Å²) >= 11 is 4.20. The van der Waals surface area contributed by atoms with Crippen molar-refractivity contribution in [1.82, 2.24) is 0 Å². The van der Waals surface area contributed by atoms with Crippen molar-refractivity contribution >= 4 is 12.6 Å². The van der Waals surface area contributed by atoms with Gasteiger partial charge in [0.2, 0.25) is 0 Å². The first-order chi connectivity index (χ1) is 7.63. The third kappa shape index (κ3) is 2.83. The Morgan fingerprint density at radius 2 is 2.00 bits per heavy atom. The minimum atomic E-state index is -0.0432. The van der Waals surface area contributed by atoms with Gasteiger partial charge in [-0.1, -0.05) is 0 Å². The highest BCUT2D eigenvalue weighted by Crippen LogP contribution is 2.33. The van der Waals surface area contributed by atoms with Gasteiger partial charge in [-0.05, 0) is 30.7 Å². The van der Waals surface area contributed by atoms with E-state index in [0.717, 1.165) is 34.8 Å². The minimum absolute atomic E-state index is 0.0432. The average Bonchev–Trinajstić information content (AvgIpc) is 2.27. The molecule has 0 spiro atoms. The van der Waals surface area contributed by atoms with Gasteiger partial charge in [-0.3, -0.25) is 0 Å². The molecular weight excluding hydrogens is 222 g/mol. The van der Waals surface area contributed by atoms with E-state index in [9.17, 15) is 0 Å². The second kappa shape index (κ2) is 6.01.